The number of ether oxygens (including phenoxy) is 2. The molecule has 3 aromatic carbocycles. The fourth-order valence-corrected chi connectivity index (χ4v) is 2.94. The fraction of sp³-hybridized carbons (Fsp3) is 0.167. The van der Waals surface area contributed by atoms with E-state index in [-0.39, 0.29) is 18.8 Å². The van der Waals surface area contributed by atoms with E-state index in [4.69, 9.17) is 9.47 Å². The molecule has 0 aliphatic rings. The number of carboxylic acids is 1. The van der Waals surface area contributed by atoms with Gasteiger partial charge in [0.15, 0.2) is 6.04 Å². The fourth-order valence-electron chi connectivity index (χ4n) is 2.94. The van der Waals surface area contributed by atoms with Crippen molar-refractivity contribution >= 4 is 12.1 Å². The Bertz CT molecular complexity index is 993. The van der Waals surface area contributed by atoms with Crippen molar-refractivity contribution in [2.45, 2.75) is 25.4 Å². The van der Waals surface area contributed by atoms with Gasteiger partial charge in [0, 0.05) is 5.56 Å². The lowest BCUT2D eigenvalue weighted by atomic mass is 10.0. The summed E-state index contributed by atoms with van der Waals surface area (Å²) in [5, 5.41) is 22.5. The first kappa shape index (κ1) is 21.9. The third-order valence-corrected chi connectivity index (χ3v) is 4.54. The van der Waals surface area contributed by atoms with E-state index < -0.39 is 24.2 Å². The summed E-state index contributed by atoms with van der Waals surface area (Å²) in [5.74, 6) is -1.08. The van der Waals surface area contributed by atoms with Crippen molar-refractivity contribution in [2.24, 2.45) is 0 Å². The van der Waals surface area contributed by atoms with Crippen LogP contribution in [0.2, 0.25) is 0 Å². The molecule has 0 saturated heterocycles. The van der Waals surface area contributed by atoms with Crippen molar-refractivity contribution in [1.29, 1.82) is 0 Å². The van der Waals surface area contributed by atoms with Crippen LogP contribution in [0, 0.1) is 0 Å². The molecule has 3 N–H and O–H groups in total. The topological polar surface area (TPSA) is 105 Å². The van der Waals surface area contributed by atoms with Crippen LogP contribution in [-0.4, -0.2) is 28.3 Å². The predicted molar refractivity (Wildman–Crippen MR) is 113 cm³/mol. The smallest absolute Gasteiger partial charge is 0.408 e. The molecule has 0 saturated carbocycles. The summed E-state index contributed by atoms with van der Waals surface area (Å²) in [5.41, 5.74) is 1.92. The van der Waals surface area contributed by atoms with Crippen molar-refractivity contribution in [3.63, 3.8) is 0 Å². The van der Waals surface area contributed by atoms with Crippen LogP contribution in [-0.2, 0) is 22.7 Å². The van der Waals surface area contributed by atoms with Gasteiger partial charge in [-0.05, 0) is 17.2 Å². The molecule has 0 fully saturated rings. The Morgan fingerprint density at radius 3 is 1.97 bits per heavy atom. The largest absolute Gasteiger partial charge is 0.489 e. The highest BCUT2D eigenvalue weighted by Crippen LogP contribution is 2.28. The molecular formula is C24H23NO6. The summed E-state index contributed by atoms with van der Waals surface area (Å²) >= 11 is 0. The van der Waals surface area contributed by atoms with Crippen molar-refractivity contribution in [2.75, 3.05) is 0 Å². The average molecular weight is 421 g/mol. The number of hydrogen-bond acceptors (Lipinski definition) is 5. The first-order chi connectivity index (χ1) is 15.0. The number of amides is 1. The highest BCUT2D eigenvalue weighted by atomic mass is 16.5. The maximum Gasteiger partial charge on any atom is 0.408 e. The van der Waals surface area contributed by atoms with E-state index in [2.05, 4.69) is 5.32 Å². The minimum atomic E-state index is -1.62. The number of aliphatic carboxylic acids is 1. The maximum absolute atomic E-state index is 12.1. The molecule has 3 rings (SSSR count). The Balaban J connectivity index is 1.67. The number of aliphatic hydroxyl groups excluding tert-OH is 1. The van der Waals surface area contributed by atoms with Gasteiger partial charge in [0.25, 0.3) is 0 Å². The Labute approximate surface area is 179 Å². The molecule has 2 atom stereocenters. The SMILES string of the molecule is O=C(N[C@H](C(=O)O)[C@H](O)c1ccccc1OCc1ccccc1)OCc1ccccc1. The van der Waals surface area contributed by atoms with Crippen molar-refractivity contribution in [3.8, 4) is 5.75 Å². The summed E-state index contributed by atoms with van der Waals surface area (Å²) in [4.78, 5) is 23.9. The summed E-state index contributed by atoms with van der Waals surface area (Å²) < 4.78 is 10.9. The lowest BCUT2D eigenvalue weighted by molar-refractivity contribution is -0.142. The molecule has 0 aliphatic heterocycles. The zero-order valence-corrected chi connectivity index (χ0v) is 16.7. The van der Waals surface area contributed by atoms with E-state index in [0.29, 0.717) is 5.75 Å². The number of carbonyl (C=O) groups is 2. The average Bonchev–Trinajstić information content (AvgIpc) is 2.81. The van der Waals surface area contributed by atoms with Crippen molar-refractivity contribution in [1.82, 2.24) is 5.32 Å². The zero-order chi connectivity index (χ0) is 22.1. The second-order valence-electron chi connectivity index (χ2n) is 6.78. The van der Waals surface area contributed by atoms with Crippen molar-refractivity contribution in [3.05, 3.63) is 102 Å². The highest BCUT2D eigenvalue weighted by Gasteiger charge is 2.32. The summed E-state index contributed by atoms with van der Waals surface area (Å²) in [6.07, 6.45) is -2.49. The molecule has 0 heterocycles. The number of nitrogens with one attached hydrogen (secondary N) is 1. The Morgan fingerprint density at radius 2 is 1.35 bits per heavy atom. The van der Waals surface area contributed by atoms with Gasteiger partial charge in [-0.25, -0.2) is 9.59 Å². The number of carbonyl (C=O) groups excluding carboxylic acids is 1. The van der Waals surface area contributed by atoms with Gasteiger partial charge in [0.1, 0.15) is 25.1 Å². The number of para-hydroxylation sites is 1. The van der Waals surface area contributed by atoms with Crippen LogP contribution in [0.1, 0.15) is 22.8 Å². The Morgan fingerprint density at radius 1 is 0.806 bits per heavy atom. The minimum Gasteiger partial charge on any atom is -0.489 e. The van der Waals surface area contributed by atoms with Gasteiger partial charge in [0.05, 0.1) is 0 Å². The molecule has 0 radical (unpaired) electrons. The summed E-state index contributed by atoms with van der Waals surface area (Å²) in [6, 6.07) is 23.3. The molecule has 160 valence electrons. The Hall–Kier alpha value is -3.84. The van der Waals surface area contributed by atoms with Crippen LogP contribution < -0.4 is 10.1 Å². The molecular weight excluding hydrogens is 398 g/mol. The van der Waals surface area contributed by atoms with Crippen LogP contribution in [0.5, 0.6) is 5.75 Å². The first-order valence-corrected chi connectivity index (χ1v) is 9.68. The molecule has 7 heteroatoms. The minimum absolute atomic E-state index is 0.0219. The van der Waals surface area contributed by atoms with Gasteiger partial charge in [-0.1, -0.05) is 78.9 Å². The molecule has 0 bridgehead atoms. The van der Waals surface area contributed by atoms with Crippen molar-refractivity contribution < 1.29 is 29.3 Å². The van der Waals surface area contributed by atoms with E-state index in [1.807, 2.05) is 36.4 Å². The van der Waals surface area contributed by atoms with Crippen LogP contribution in [0.3, 0.4) is 0 Å². The van der Waals surface area contributed by atoms with Gasteiger partial charge < -0.3 is 25.0 Å². The number of hydrogen-bond donors (Lipinski definition) is 3. The highest BCUT2D eigenvalue weighted by molar-refractivity contribution is 5.81. The third-order valence-electron chi connectivity index (χ3n) is 4.54. The van der Waals surface area contributed by atoms with E-state index in [9.17, 15) is 19.8 Å². The third kappa shape index (κ3) is 6.32. The van der Waals surface area contributed by atoms with Crippen LogP contribution in [0.4, 0.5) is 4.79 Å². The molecule has 7 nitrogen and oxygen atoms in total. The van der Waals surface area contributed by atoms with Gasteiger partial charge in [-0.3, -0.25) is 0 Å². The second kappa shape index (κ2) is 10.8. The standard InChI is InChI=1S/C24H23NO6/c26-22(19-13-7-8-14-20(19)30-15-17-9-3-1-4-10-17)21(23(27)28)25-24(29)31-16-18-11-5-2-6-12-18/h1-14,21-22,26H,15-16H2,(H,25,29)(H,27,28)/t21-,22+/m0/s1. The van der Waals surface area contributed by atoms with Gasteiger partial charge >= 0.3 is 12.1 Å². The number of rotatable bonds is 9. The van der Waals surface area contributed by atoms with Crippen LogP contribution in [0.25, 0.3) is 0 Å². The first-order valence-electron chi connectivity index (χ1n) is 9.68. The van der Waals surface area contributed by atoms with Gasteiger partial charge in [0.2, 0.25) is 0 Å². The monoisotopic (exact) mass is 421 g/mol. The molecule has 0 spiro atoms. The Kier molecular flexibility index (Phi) is 7.61. The van der Waals surface area contributed by atoms with E-state index in [1.54, 1.807) is 48.5 Å². The zero-order valence-electron chi connectivity index (χ0n) is 16.7. The second-order valence-corrected chi connectivity index (χ2v) is 6.78. The lowest BCUT2D eigenvalue weighted by Crippen LogP contribution is -2.45. The maximum atomic E-state index is 12.1. The molecule has 0 aromatic heterocycles. The number of alkyl carbamates (subject to hydrolysis) is 1. The molecule has 3 aromatic rings. The van der Waals surface area contributed by atoms with E-state index >= 15 is 0 Å². The number of carboxylic acid groups (broad SMARTS) is 1. The lowest BCUT2D eigenvalue weighted by Gasteiger charge is -2.22. The van der Waals surface area contributed by atoms with Crippen LogP contribution >= 0.6 is 0 Å². The molecule has 0 unspecified atom stereocenters. The number of aliphatic hydroxyl groups is 1. The molecule has 1 amide bonds. The number of benzene rings is 3. The molecule has 0 aliphatic carbocycles. The van der Waals surface area contributed by atoms with Gasteiger partial charge in [-0.15, -0.1) is 0 Å². The summed E-state index contributed by atoms with van der Waals surface area (Å²) in [6.45, 7) is 0.223. The summed E-state index contributed by atoms with van der Waals surface area (Å²) in [7, 11) is 0. The molecule has 31 heavy (non-hydrogen) atoms. The van der Waals surface area contributed by atoms with E-state index in [0.717, 1.165) is 11.1 Å². The predicted octanol–water partition coefficient (Wildman–Crippen LogP) is 3.68. The quantitative estimate of drug-likeness (QED) is 0.487. The van der Waals surface area contributed by atoms with E-state index in [1.165, 1.54) is 0 Å². The normalized spacial score (nSPS) is 12.4. The van der Waals surface area contributed by atoms with Gasteiger partial charge in [-0.2, -0.15) is 0 Å². The van der Waals surface area contributed by atoms with Crippen LogP contribution in [0.15, 0.2) is 84.9 Å².